The van der Waals surface area contributed by atoms with Gasteiger partial charge < -0.3 is 5.32 Å². The number of carbonyl (C=O) groups excluding carboxylic acids is 1. The summed E-state index contributed by atoms with van der Waals surface area (Å²) >= 11 is 1.70. The molecule has 0 saturated carbocycles. The van der Waals surface area contributed by atoms with Crippen LogP contribution >= 0.6 is 11.8 Å². The minimum atomic E-state index is -0.175. The Kier molecular flexibility index (Phi) is 4.17. The third-order valence-corrected chi connectivity index (χ3v) is 2.89. The number of likely N-dealkylation sites (N-methyl/N-ethyl adjacent to an activating group) is 1. The molecule has 0 aliphatic carbocycles. The van der Waals surface area contributed by atoms with Crippen molar-refractivity contribution in [1.29, 1.82) is 0 Å². The van der Waals surface area contributed by atoms with Crippen LogP contribution in [0.4, 0.5) is 0 Å². The van der Waals surface area contributed by atoms with E-state index >= 15 is 0 Å². The van der Waals surface area contributed by atoms with Crippen LogP contribution in [0.1, 0.15) is 18.5 Å². The molecule has 0 amide bonds. The Labute approximate surface area is 89.1 Å². The van der Waals surface area contributed by atoms with E-state index in [1.54, 1.807) is 25.7 Å². The second-order valence-corrected chi connectivity index (χ2v) is 3.99. The van der Waals surface area contributed by atoms with Crippen molar-refractivity contribution in [3.05, 3.63) is 29.8 Å². The van der Waals surface area contributed by atoms with Gasteiger partial charge in [-0.2, -0.15) is 0 Å². The molecule has 0 spiro atoms. The lowest BCUT2D eigenvalue weighted by Crippen LogP contribution is -2.23. The largest absolute Gasteiger partial charge is 0.307 e. The van der Waals surface area contributed by atoms with Crippen LogP contribution in [0.3, 0.4) is 0 Å². The number of benzene rings is 1. The molecule has 1 rings (SSSR count). The Morgan fingerprint density at radius 2 is 1.93 bits per heavy atom. The molecule has 0 heterocycles. The van der Waals surface area contributed by atoms with Crippen molar-refractivity contribution < 1.29 is 4.79 Å². The van der Waals surface area contributed by atoms with Crippen LogP contribution in [0.25, 0.3) is 0 Å². The van der Waals surface area contributed by atoms with Crippen LogP contribution in [0, 0.1) is 0 Å². The monoisotopic (exact) mass is 209 g/mol. The van der Waals surface area contributed by atoms with E-state index in [-0.39, 0.29) is 11.8 Å². The van der Waals surface area contributed by atoms with Gasteiger partial charge in [-0.1, -0.05) is 12.1 Å². The molecular formula is C11H15NOS. The van der Waals surface area contributed by atoms with Crippen LogP contribution in [-0.2, 0) is 4.79 Å². The number of hydrogen-bond acceptors (Lipinski definition) is 3. The predicted molar refractivity (Wildman–Crippen MR) is 60.7 cm³/mol. The summed E-state index contributed by atoms with van der Waals surface area (Å²) in [5, 5.41) is 3.00. The molecule has 0 bridgehead atoms. The summed E-state index contributed by atoms with van der Waals surface area (Å²) in [6, 6.07) is 7.88. The average molecular weight is 209 g/mol. The van der Waals surface area contributed by atoms with Gasteiger partial charge in [-0.25, -0.2) is 0 Å². The van der Waals surface area contributed by atoms with Crippen LogP contribution in [0.5, 0.6) is 0 Å². The molecule has 2 nitrogen and oxygen atoms in total. The van der Waals surface area contributed by atoms with E-state index in [1.807, 2.05) is 30.5 Å². The van der Waals surface area contributed by atoms with Gasteiger partial charge in [0.15, 0.2) is 5.78 Å². The molecule has 1 aromatic carbocycles. The SMILES string of the molecule is CNC(C(C)=O)c1ccc(SC)cc1. The first kappa shape index (κ1) is 11.3. The zero-order valence-corrected chi connectivity index (χ0v) is 9.52. The summed E-state index contributed by atoms with van der Waals surface area (Å²) in [4.78, 5) is 12.5. The van der Waals surface area contributed by atoms with Gasteiger partial charge in [0, 0.05) is 4.90 Å². The lowest BCUT2D eigenvalue weighted by molar-refractivity contribution is -0.119. The molecule has 1 aromatic rings. The van der Waals surface area contributed by atoms with Crippen LogP contribution < -0.4 is 5.32 Å². The standard InChI is InChI=1S/C11H15NOS/c1-8(13)11(12-2)9-4-6-10(14-3)7-5-9/h4-7,11-12H,1-3H3. The summed E-state index contributed by atoms with van der Waals surface area (Å²) < 4.78 is 0. The zero-order chi connectivity index (χ0) is 10.6. The smallest absolute Gasteiger partial charge is 0.151 e. The van der Waals surface area contributed by atoms with Crippen molar-refractivity contribution >= 4 is 17.5 Å². The van der Waals surface area contributed by atoms with Crippen molar-refractivity contribution in [2.45, 2.75) is 17.9 Å². The maximum absolute atomic E-state index is 11.3. The highest BCUT2D eigenvalue weighted by molar-refractivity contribution is 7.98. The third-order valence-electron chi connectivity index (χ3n) is 2.14. The quantitative estimate of drug-likeness (QED) is 0.771. The number of rotatable bonds is 4. The first-order valence-electron chi connectivity index (χ1n) is 4.50. The number of hydrogen-bond donors (Lipinski definition) is 1. The maximum atomic E-state index is 11.3. The second-order valence-electron chi connectivity index (χ2n) is 3.11. The summed E-state index contributed by atoms with van der Waals surface area (Å²) in [6.45, 7) is 1.60. The van der Waals surface area contributed by atoms with Gasteiger partial charge in [-0.15, -0.1) is 11.8 Å². The first-order chi connectivity index (χ1) is 6.69. The molecule has 0 radical (unpaired) electrons. The fraction of sp³-hybridized carbons (Fsp3) is 0.364. The van der Waals surface area contributed by atoms with Gasteiger partial charge >= 0.3 is 0 Å². The van der Waals surface area contributed by atoms with Gasteiger partial charge in [-0.3, -0.25) is 4.79 Å². The molecule has 1 unspecified atom stereocenters. The minimum absolute atomic E-state index is 0.143. The van der Waals surface area contributed by atoms with E-state index in [0.29, 0.717) is 0 Å². The normalized spacial score (nSPS) is 12.5. The fourth-order valence-electron chi connectivity index (χ4n) is 1.40. The Morgan fingerprint density at radius 3 is 2.29 bits per heavy atom. The molecular weight excluding hydrogens is 194 g/mol. The molecule has 3 heteroatoms. The highest BCUT2D eigenvalue weighted by Gasteiger charge is 2.13. The molecule has 0 aliphatic heterocycles. The molecule has 0 saturated heterocycles. The second kappa shape index (κ2) is 5.17. The summed E-state index contributed by atoms with van der Waals surface area (Å²) in [5.74, 6) is 0.143. The zero-order valence-electron chi connectivity index (χ0n) is 8.70. The van der Waals surface area contributed by atoms with Crippen molar-refractivity contribution in [3.63, 3.8) is 0 Å². The van der Waals surface area contributed by atoms with Crippen molar-refractivity contribution in [3.8, 4) is 0 Å². The number of ketones is 1. The van der Waals surface area contributed by atoms with E-state index in [1.165, 1.54) is 4.90 Å². The third kappa shape index (κ3) is 2.59. The molecule has 14 heavy (non-hydrogen) atoms. The Balaban J connectivity index is 2.89. The minimum Gasteiger partial charge on any atom is -0.307 e. The Hall–Kier alpha value is -0.800. The lowest BCUT2D eigenvalue weighted by atomic mass is 10.0. The van der Waals surface area contributed by atoms with Crippen molar-refractivity contribution in [1.82, 2.24) is 5.32 Å². The van der Waals surface area contributed by atoms with Crippen LogP contribution in [0.2, 0.25) is 0 Å². The molecule has 0 aromatic heterocycles. The number of Topliss-reactive ketones (excluding diaryl/α,β-unsaturated/α-hetero) is 1. The number of thioether (sulfide) groups is 1. The van der Waals surface area contributed by atoms with Gasteiger partial charge in [0.25, 0.3) is 0 Å². The predicted octanol–water partition coefficient (Wildman–Crippen LogP) is 2.26. The van der Waals surface area contributed by atoms with Gasteiger partial charge in [0.05, 0.1) is 6.04 Å². The molecule has 1 N–H and O–H groups in total. The van der Waals surface area contributed by atoms with Gasteiger partial charge in [-0.05, 0) is 37.9 Å². The number of carbonyl (C=O) groups is 1. The summed E-state index contributed by atoms with van der Waals surface area (Å²) in [7, 11) is 1.80. The molecule has 0 fully saturated rings. The van der Waals surface area contributed by atoms with E-state index in [2.05, 4.69) is 5.32 Å². The maximum Gasteiger partial charge on any atom is 0.151 e. The van der Waals surface area contributed by atoms with E-state index in [0.717, 1.165) is 5.56 Å². The molecule has 1 atom stereocenters. The van der Waals surface area contributed by atoms with Gasteiger partial charge in [0.2, 0.25) is 0 Å². The summed E-state index contributed by atoms with van der Waals surface area (Å²) in [5.41, 5.74) is 1.03. The van der Waals surface area contributed by atoms with Crippen LogP contribution in [0.15, 0.2) is 29.2 Å². The first-order valence-corrected chi connectivity index (χ1v) is 5.73. The van der Waals surface area contributed by atoms with Crippen molar-refractivity contribution in [2.75, 3.05) is 13.3 Å². The highest BCUT2D eigenvalue weighted by Crippen LogP contribution is 2.19. The Morgan fingerprint density at radius 1 is 1.36 bits per heavy atom. The highest BCUT2D eigenvalue weighted by atomic mass is 32.2. The van der Waals surface area contributed by atoms with E-state index < -0.39 is 0 Å². The fourth-order valence-corrected chi connectivity index (χ4v) is 1.81. The van der Waals surface area contributed by atoms with Crippen LogP contribution in [-0.4, -0.2) is 19.1 Å². The molecule has 0 aliphatic rings. The Bertz CT molecular complexity index is 308. The topological polar surface area (TPSA) is 29.1 Å². The van der Waals surface area contributed by atoms with E-state index in [9.17, 15) is 4.79 Å². The van der Waals surface area contributed by atoms with Crippen molar-refractivity contribution in [2.24, 2.45) is 0 Å². The summed E-state index contributed by atoms with van der Waals surface area (Å²) in [6.07, 6.45) is 2.04. The van der Waals surface area contributed by atoms with E-state index in [4.69, 9.17) is 0 Å². The van der Waals surface area contributed by atoms with Gasteiger partial charge in [0.1, 0.15) is 0 Å². The average Bonchev–Trinajstić information content (AvgIpc) is 2.19. The number of nitrogens with one attached hydrogen (secondary N) is 1. The lowest BCUT2D eigenvalue weighted by Gasteiger charge is -2.13. The molecule has 76 valence electrons.